The molecule has 1 aliphatic rings. The molecule has 1 aliphatic heterocycles. The molecular weight excluding hydrogens is 360 g/mol. The Morgan fingerprint density at radius 3 is 2.37 bits per heavy atom. The van der Waals surface area contributed by atoms with Crippen molar-refractivity contribution in [3.63, 3.8) is 0 Å². The predicted octanol–water partition coefficient (Wildman–Crippen LogP) is 4.73. The highest BCUT2D eigenvalue weighted by atomic mass is 32.2. The van der Waals surface area contributed by atoms with Crippen LogP contribution < -0.4 is 9.64 Å². The first kappa shape index (κ1) is 17.2. The number of rotatable bonds is 4. The number of nitrogens with zero attached hydrogens (tertiary/aromatic N) is 2. The van der Waals surface area contributed by atoms with Gasteiger partial charge in [-0.3, -0.25) is 9.59 Å². The smallest absolute Gasteiger partial charge is 0.298 e. The van der Waals surface area contributed by atoms with Crippen molar-refractivity contribution < 1.29 is 14.3 Å². The minimum atomic E-state index is -0.298. The number of carbonyl (C=O) groups is 2. The number of aromatic nitrogens is 1. The molecule has 2 heterocycles. The first-order valence-electron chi connectivity index (χ1n) is 8.31. The highest BCUT2D eigenvalue weighted by Crippen LogP contribution is 2.35. The first-order valence-corrected chi connectivity index (χ1v) is 9.13. The van der Waals surface area contributed by atoms with E-state index < -0.39 is 0 Å². The molecule has 0 saturated carbocycles. The molecule has 0 atom stereocenters. The fourth-order valence-electron chi connectivity index (χ4n) is 2.83. The Bertz CT molecular complexity index is 1020. The topological polar surface area (TPSA) is 51.5 Å². The van der Waals surface area contributed by atoms with Crippen LogP contribution in [0.25, 0.3) is 11.8 Å². The zero-order valence-electron chi connectivity index (χ0n) is 14.5. The van der Waals surface area contributed by atoms with Gasteiger partial charge in [-0.15, -0.1) is 0 Å². The summed E-state index contributed by atoms with van der Waals surface area (Å²) in [7, 11) is 1.63. The summed E-state index contributed by atoms with van der Waals surface area (Å²) in [5.74, 6) is 0.495. The van der Waals surface area contributed by atoms with Crippen molar-refractivity contribution in [2.75, 3.05) is 12.0 Å². The third kappa shape index (κ3) is 3.39. The van der Waals surface area contributed by atoms with E-state index in [4.69, 9.17) is 4.74 Å². The molecule has 0 bridgehead atoms. The summed E-state index contributed by atoms with van der Waals surface area (Å²) >= 11 is 0.954. The minimum Gasteiger partial charge on any atom is -0.497 e. The second-order valence-corrected chi connectivity index (χ2v) is 6.90. The van der Waals surface area contributed by atoms with Gasteiger partial charge in [0.2, 0.25) is 0 Å². The van der Waals surface area contributed by atoms with Crippen LogP contribution in [-0.4, -0.2) is 22.8 Å². The molecule has 4 rings (SSSR count). The third-order valence-corrected chi connectivity index (χ3v) is 5.06. The summed E-state index contributed by atoms with van der Waals surface area (Å²) in [5.41, 5.74) is 2.41. The van der Waals surface area contributed by atoms with Crippen LogP contribution in [0.2, 0.25) is 0 Å². The van der Waals surface area contributed by atoms with Crippen LogP contribution in [0.1, 0.15) is 5.56 Å². The normalized spacial score (nSPS) is 15.6. The highest BCUT2D eigenvalue weighted by Gasteiger charge is 2.36. The van der Waals surface area contributed by atoms with Gasteiger partial charge in [-0.05, 0) is 65.9 Å². The van der Waals surface area contributed by atoms with E-state index in [1.165, 1.54) is 4.90 Å². The zero-order valence-corrected chi connectivity index (χ0v) is 15.3. The zero-order chi connectivity index (χ0) is 18.8. The number of anilines is 1. The average Bonchev–Trinajstić information content (AvgIpc) is 3.27. The number of ether oxygens (including phenoxy) is 1. The summed E-state index contributed by atoms with van der Waals surface area (Å²) < 4.78 is 7.12. The van der Waals surface area contributed by atoms with Gasteiger partial charge in [-0.1, -0.05) is 18.2 Å². The number of hydrogen-bond donors (Lipinski definition) is 0. The molecular formula is C21H16N2O3S. The van der Waals surface area contributed by atoms with Crippen LogP contribution in [0.5, 0.6) is 5.75 Å². The summed E-state index contributed by atoms with van der Waals surface area (Å²) in [6, 6.07) is 18.5. The van der Waals surface area contributed by atoms with Crippen molar-refractivity contribution in [2.24, 2.45) is 0 Å². The van der Waals surface area contributed by atoms with Crippen molar-refractivity contribution in [3.05, 3.63) is 83.5 Å². The van der Waals surface area contributed by atoms with E-state index in [0.717, 1.165) is 28.8 Å². The monoisotopic (exact) mass is 376 g/mol. The van der Waals surface area contributed by atoms with E-state index >= 15 is 0 Å². The number of carbonyl (C=O) groups excluding carboxylic acids is 2. The lowest BCUT2D eigenvalue weighted by Crippen LogP contribution is -2.27. The molecule has 6 heteroatoms. The lowest BCUT2D eigenvalue weighted by Gasteiger charge is -2.11. The summed E-state index contributed by atoms with van der Waals surface area (Å²) in [6.45, 7) is 0. The van der Waals surface area contributed by atoms with E-state index in [9.17, 15) is 9.59 Å². The maximum atomic E-state index is 12.7. The number of imide groups is 1. The van der Waals surface area contributed by atoms with Gasteiger partial charge in [0.1, 0.15) is 5.75 Å². The Labute approximate surface area is 160 Å². The van der Waals surface area contributed by atoms with Crippen molar-refractivity contribution in [1.29, 1.82) is 0 Å². The molecule has 0 aliphatic carbocycles. The molecule has 0 radical (unpaired) electrons. The van der Waals surface area contributed by atoms with E-state index in [1.807, 2.05) is 53.4 Å². The highest BCUT2D eigenvalue weighted by molar-refractivity contribution is 8.19. The van der Waals surface area contributed by atoms with Crippen LogP contribution in [0.3, 0.4) is 0 Å². The molecule has 1 saturated heterocycles. The van der Waals surface area contributed by atoms with Crippen molar-refractivity contribution in [1.82, 2.24) is 4.57 Å². The second-order valence-electron chi connectivity index (χ2n) is 5.90. The number of hydrogen-bond acceptors (Lipinski definition) is 4. The Kier molecular flexibility index (Phi) is 4.56. The minimum absolute atomic E-state index is 0.285. The first-order chi connectivity index (χ1) is 13.2. The Hall–Kier alpha value is -3.25. The number of thioether (sulfide) groups is 1. The largest absolute Gasteiger partial charge is 0.497 e. The second kappa shape index (κ2) is 7.17. The van der Waals surface area contributed by atoms with Gasteiger partial charge in [0.15, 0.2) is 0 Å². The molecule has 1 aromatic heterocycles. The molecule has 0 unspecified atom stereocenters. The average molecular weight is 376 g/mol. The number of benzene rings is 2. The van der Waals surface area contributed by atoms with Gasteiger partial charge in [0, 0.05) is 18.1 Å². The molecule has 3 aromatic rings. The Morgan fingerprint density at radius 1 is 0.926 bits per heavy atom. The molecule has 0 spiro atoms. The lowest BCUT2D eigenvalue weighted by molar-refractivity contribution is -0.113. The molecule has 0 N–H and O–H groups in total. The standard InChI is InChI=1S/C21H16N2O3S/c1-26-18-9-7-16(8-10-18)22-12-11-15(14-22)13-19-20(24)23(21(25)27-19)17-5-3-2-4-6-17/h2-14H,1H3/b19-13+. The van der Waals surface area contributed by atoms with Crippen molar-refractivity contribution in [3.8, 4) is 11.4 Å². The number of para-hydroxylation sites is 1. The molecule has 134 valence electrons. The number of amides is 2. The molecule has 2 aromatic carbocycles. The molecule has 1 fully saturated rings. The predicted molar refractivity (Wildman–Crippen MR) is 107 cm³/mol. The molecule has 27 heavy (non-hydrogen) atoms. The van der Waals surface area contributed by atoms with Gasteiger partial charge >= 0.3 is 0 Å². The van der Waals surface area contributed by atoms with E-state index in [-0.39, 0.29) is 11.1 Å². The fraction of sp³-hybridized carbons (Fsp3) is 0.0476. The number of methoxy groups -OCH3 is 1. The molecule has 5 nitrogen and oxygen atoms in total. The van der Waals surface area contributed by atoms with Crippen LogP contribution >= 0.6 is 11.8 Å². The third-order valence-electron chi connectivity index (χ3n) is 4.19. The van der Waals surface area contributed by atoms with Gasteiger partial charge in [0.25, 0.3) is 11.1 Å². The molecule has 2 amide bonds. The van der Waals surface area contributed by atoms with Crippen molar-refractivity contribution >= 4 is 34.7 Å². The van der Waals surface area contributed by atoms with Gasteiger partial charge in [-0.2, -0.15) is 0 Å². The van der Waals surface area contributed by atoms with Gasteiger partial charge < -0.3 is 9.30 Å². The summed E-state index contributed by atoms with van der Waals surface area (Å²) in [4.78, 5) is 26.6. The van der Waals surface area contributed by atoms with Gasteiger partial charge in [-0.25, -0.2) is 4.90 Å². The van der Waals surface area contributed by atoms with E-state index in [1.54, 1.807) is 37.5 Å². The fourth-order valence-corrected chi connectivity index (χ4v) is 3.67. The Morgan fingerprint density at radius 2 is 1.67 bits per heavy atom. The van der Waals surface area contributed by atoms with E-state index in [2.05, 4.69) is 0 Å². The van der Waals surface area contributed by atoms with Crippen LogP contribution in [0.15, 0.2) is 78.0 Å². The van der Waals surface area contributed by atoms with Crippen LogP contribution in [-0.2, 0) is 4.79 Å². The Balaban J connectivity index is 1.58. The summed E-state index contributed by atoms with van der Waals surface area (Å²) in [5, 5.41) is -0.285. The SMILES string of the molecule is COc1ccc(-n2ccc(/C=C3/SC(=O)N(c4ccccc4)C3=O)c2)cc1. The van der Waals surface area contributed by atoms with Crippen LogP contribution in [0, 0.1) is 0 Å². The lowest BCUT2D eigenvalue weighted by atomic mass is 10.2. The van der Waals surface area contributed by atoms with Crippen molar-refractivity contribution in [2.45, 2.75) is 0 Å². The van der Waals surface area contributed by atoms with Crippen LogP contribution in [0.4, 0.5) is 10.5 Å². The maximum Gasteiger partial charge on any atom is 0.298 e. The van der Waals surface area contributed by atoms with Gasteiger partial charge in [0.05, 0.1) is 17.7 Å². The maximum absolute atomic E-state index is 12.7. The summed E-state index contributed by atoms with van der Waals surface area (Å²) in [6.07, 6.45) is 5.57. The van der Waals surface area contributed by atoms with E-state index in [0.29, 0.717) is 10.6 Å². The quantitative estimate of drug-likeness (QED) is 0.618.